The molecule has 2 aromatic rings. The number of thiophene rings is 1. The summed E-state index contributed by atoms with van der Waals surface area (Å²) in [5.74, 6) is 0.388. The third-order valence-corrected chi connectivity index (χ3v) is 6.20. The molecule has 0 saturated carbocycles. The number of fused-ring (bicyclic) bond motifs is 1. The first-order valence-corrected chi connectivity index (χ1v) is 10.9. The lowest BCUT2D eigenvalue weighted by molar-refractivity contribution is -0.130. The molecule has 1 aliphatic rings. The Labute approximate surface area is 176 Å². The molecule has 2 N–H and O–H groups in total. The van der Waals surface area contributed by atoms with E-state index in [0.29, 0.717) is 25.6 Å². The first kappa shape index (κ1) is 21.3. The van der Waals surface area contributed by atoms with Crippen molar-refractivity contribution < 1.29 is 9.18 Å². The molecular formula is C22H29FN4OS. The second-order valence-corrected chi connectivity index (χ2v) is 8.88. The summed E-state index contributed by atoms with van der Waals surface area (Å²) in [4.78, 5) is 20.4. The number of halogens is 1. The zero-order valence-corrected chi connectivity index (χ0v) is 18.1. The van der Waals surface area contributed by atoms with Crippen LogP contribution >= 0.6 is 11.3 Å². The normalized spacial score (nSPS) is 14.5. The minimum absolute atomic E-state index is 0.0310. The molecule has 1 aromatic heterocycles. The zero-order chi connectivity index (χ0) is 20.9. The molecule has 0 saturated heterocycles. The van der Waals surface area contributed by atoms with E-state index in [-0.39, 0.29) is 23.7 Å². The van der Waals surface area contributed by atoms with Gasteiger partial charge >= 0.3 is 0 Å². The van der Waals surface area contributed by atoms with Crippen molar-refractivity contribution in [3.8, 4) is 0 Å². The van der Waals surface area contributed by atoms with Crippen molar-refractivity contribution in [2.24, 2.45) is 4.99 Å². The van der Waals surface area contributed by atoms with E-state index in [1.807, 2.05) is 17.9 Å². The summed E-state index contributed by atoms with van der Waals surface area (Å²) >= 11 is 1.76. The highest BCUT2D eigenvalue weighted by molar-refractivity contribution is 7.10. The number of carbonyl (C=O) groups is 1. The van der Waals surface area contributed by atoms with Crippen molar-refractivity contribution in [2.45, 2.75) is 39.2 Å². The minimum Gasteiger partial charge on any atom is -0.357 e. The summed E-state index contributed by atoms with van der Waals surface area (Å²) in [5.41, 5.74) is 1.88. The fourth-order valence-corrected chi connectivity index (χ4v) is 4.26. The highest BCUT2D eigenvalue weighted by Crippen LogP contribution is 2.24. The minimum atomic E-state index is -0.287. The second-order valence-electron chi connectivity index (χ2n) is 7.88. The molecule has 156 valence electrons. The lowest BCUT2D eigenvalue weighted by Crippen LogP contribution is -2.44. The smallest absolute Gasteiger partial charge is 0.244 e. The number of benzene rings is 1. The molecule has 0 unspecified atom stereocenters. The largest absolute Gasteiger partial charge is 0.357 e. The molecule has 1 aromatic carbocycles. The van der Waals surface area contributed by atoms with Crippen molar-refractivity contribution >= 4 is 23.2 Å². The van der Waals surface area contributed by atoms with Crippen LogP contribution in [0.25, 0.3) is 0 Å². The topological polar surface area (TPSA) is 56.7 Å². The van der Waals surface area contributed by atoms with Crippen LogP contribution in [-0.2, 0) is 23.2 Å². The molecular weight excluding hydrogens is 387 g/mol. The molecule has 0 aliphatic carbocycles. The highest BCUT2D eigenvalue weighted by Gasteiger charge is 2.23. The van der Waals surface area contributed by atoms with Gasteiger partial charge in [-0.15, -0.1) is 11.3 Å². The molecule has 0 bridgehead atoms. The SMILES string of the molecule is CCNC(=NCC(=O)N1CCc2sccc2C1)NCC(C)(C)c1cccc(F)c1. The molecule has 3 rings (SSSR count). The van der Waals surface area contributed by atoms with Gasteiger partial charge in [0.1, 0.15) is 12.4 Å². The van der Waals surface area contributed by atoms with E-state index in [4.69, 9.17) is 0 Å². The van der Waals surface area contributed by atoms with Gasteiger partial charge in [-0.1, -0.05) is 26.0 Å². The molecule has 0 atom stereocenters. The summed E-state index contributed by atoms with van der Waals surface area (Å²) in [6.45, 7) is 8.88. The lowest BCUT2D eigenvalue weighted by Gasteiger charge is -2.28. The number of hydrogen-bond donors (Lipinski definition) is 2. The molecule has 7 heteroatoms. The fraction of sp³-hybridized carbons (Fsp3) is 0.455. The summed E-state index contributed by atoms with van der Waals surface area (Å²) < 4.78 is 13.6. The Hall–Kier alpha value is -2.41. The number of amides is 1. The number of rotatable bonds is 6. The van der Waals surface area contributed by atoms with E-state index in [0.717, 1.165) is 18.5 Å². The third-order valence-electron chi connectivity index (χ3n) is 5.18. The van der Waals surface area contributed by atoms with Crippen LogP contribution in [0.3, 0.4) is 0 Å². The van der Waals surface area contributed by atoms with Gasteiger partial charge < -0.3 is 15.5 Å². The number of carbonyl (C=O) groups excluding carboxylic acids is 1. The summed E-state index contributed by atoms with van der Waals surface area (Å²) in [7, 11) is 0. The maximum Gasteiger partial charge on any atom is 0.244 e. The Morgan fingerprint density at radius 2 is 2.14 bits per heavy atom. The number of nitrogens with one attached hydrogen (secondary N) is 2. The molecule has 5 nitrogen and oxygen atoms in total. The van der Waals surface area contributed by atoms with Crippen molar-refractivity contribution in [1.29, 1.82) is 0 Å². The van der Waals surface area contributed by atoms with Gasteiger partial charge in [-0.05, 0) is 48.1 Å². The molecule has 2 heterocycles. The summed E-state index contributed by atoms with van der Waals surface area (Å²) in [6.07, 6.45) is 0.919. The Balaban J connectivity index is 1.59. The summed E-state index contributed by atoms with van der Waals surface area (Å²) in [5, 5.41) is 8.57. The maximum absolute atomic E-state index is 13.6. The van der Waals surface area contributed by atoms with E-state index in [1.165, 1.54) is 16.5 Å². The molecule has 0 fully saturated rings. The van der Waals surface area contributed by atoms with Crippen molar-refractivity contribution in [2.75, 3.05) is 26.2 Å². The fourth-order valence-electron chi connectivity index (χ4n) is 3.37. The van der Waals surface area contributed by atoms with E-state index >= 15 is 0 Å². The highest BCUT2D eigenvalue weighted by atomic mass is 32.1. The number of nitrogens with zero attached hydrogens (tertiary/aromatic N) is 2. The predicted molar refractivity (Wildman–Crippen MR) is 117 cm³/mol. The Kier molecular flexibility index (Phi) is 6.90. The van der Waals surface area contributed by atoms with Gasteiger partial charge in [-0.3, -0.25) is 4.79 Å². The third kappa shape index (κ3) is 5.56. The zero-order valence-electron chi connectivity index (χ0n) is 17.3. The van der Waals surface area contributed by atoms with Gasteiger partial charge in [0.25, 0.3) is 0 Å². The predicted octanol–water partition coefficient (Wildman–Crippen LogP) is 3.30. The Morgan fingerprint density at radius 1 is 1.31 bits per heavy atom. The van der Waals surface area contributed by atoms with Crippen molar-refractivity contribution in [3.63, 3.8) is 0 Å². The van der Waals surface area contributed by atoms with E-state index in [1.54, 1.807) is 23.5 Å². The van der Waals surface area contributed by atoms with Crippen LogP contribution in [0.5, 0.6) is 0 Å². The monoisotopic (exact) mass is 416 g/mol. The quantitative estimate of drug-likeness (QED) is 0.561. The standard InChI is InChI=1S/C22H29FN4OS/c1-4-24-21(26-15-22(2,3)17-6-5-7-18(23)12-17)25-13-20(28)27-10-8-19-16(14-27)9-11-29-19/h5-7,9,11-12H,4,8,10,13-15H2,1-3H3,(H2,24,25,26). The van der Waals surface area contributed by atoms with Crippen LogP contribution in [0, 0.1) is 5.82 Å². The van der Waals surface area contributed by atoms with Crippen LogP contribution in [0.15, 0.2) is 40.7 Å². The van der Waals surface area contributed by atoms with Crippen molar-refractivity contribution in [1.82, 2.24) is 15.5 Å². The van der Waals surface area contributed by atoms with Gasteiger partial charge in [0.2, 0.25) is 5.91 Å². The average Bonchev–Trinajstić information content (AvgIpc) is 3.17. The van der Waals surface area contributed by atoms with E-state index in [9.17, 15) is 9.18 Å². The number of hydrogen-bond acceptors (Lipinski definition) is 3. The Bertz CT molecular complexity index is 877. The van der Waals surface area contributed by atoms with Gasteiger partial charge in [-0.25, -0.2) is 9.38 Å². The molecule has 1 aliphatic heterocycles. The number of aliphatic imine (C=N–C) groups is 1. The lowest BCUT2D eigenvalue weighted by atomic mass is 9.84. The summed E-state index contributed by atoms with van der Waals surface area (Å²) in [6, 6.07) is 8.76. The van der Waals surface area contributed by atoms with Crippen molar-refractivity contribution in [3.05, 3.63) is 57.5 Å². The first-order valence-electron chi connectivity index (χ1n) is 10.0. The second kappa shape index (κ2) is 9.39. The van der Waals surface area contributed by atoms with E-state index < -0.39 is 0 Å². The molecule has 29 heavy (non-hydrogen) atoms. The van der Waals surface area contributed by atoms with Crippen LogP contribution in [0.1, 0.15) is 36.8 Å². The molecule has 0 spiro atoms. The average molecular weight is 417 g/mol. The first-order chi connectivity index (χ1) is 13.9. The van der Waals surface area contributed by atoms with Gasteiger partial charge in [0.15, 0.2) is 5.96 Å². The van der Waals surface area contributed by atoms with Crippen LogP contribution in [0.2, 0.25) is 0 Å². The molecule has 0 radical (unpaired) electrons. The van der Waals surface area contributed by atoms with Gasteiger partial charge in [0.05, 0.1) is 0 Å². The Morgan fingerprint density at radius 3 is 2.90 bits per heavy atom. The maximum atomic E-state index is 13.6. The van der Waals surface area contributed by atoms with Crippen LogP contribution < -0.4 is 10.6 Å². The number of guanidine groups is 1. The van der Waals surface area contributed by atoms with Gasteiger partial charge in [-0.2, -0.15) is 0 Å². The molecule has 1 amide bonds. The van der Waals surface area contributed by atoms with Crippen LogP contribution in [-0.4, -0.2) is 42.9 Å². The van der Waals surface area contributed by atoms with E-state index in [2.05, 4.69) is 40.9 Å². The van der Waals surface area contributed by atoms with Gasteiger partial charge in [0, 0.05) is 36.5 Å². The van der Waals surface area contributed by atoms with Crippen LogP contribution in [0.4, 0.5) is 4.39 Å².